The molecule has 3 aliphatic carbocycles. The lowest BCUT2D eigenvalue weighted by Crippen LogP contribution is -2.29. The van der Waals surface area contributed by atoms with E-state index in [0.29, 0.717) is 6.42 Å². The van der Waals surface area contributed by atoms with Gasteiger partial charge >= 0.3 is 5.97 Å². The number of carbonyl (C=O) groups excluding carboxylic acids is 1. The van der Waals surface area contributed by atoms with Crippen molar-refractivity contribution in [2.45, 2.75) is 161 Å². The molecule has 0 amide bonds. The van der Waals surface area contributed by atoms with Gasteiger partial charge in [-0.05, 0) is 74.5 Å². The van der Waals surface area contributed by atoms with Gasteiger partial charge in [-0.25, -0.2) is 0 Å². The highest BCUT2D eigenvalue weighted by molar-refractivity contribution is 5.69. The van der Waals surface area contributed by atoms with Gasteiger partial charge in [-0.1, -0.05) is 104 Å². The number of rotatable bonds is 13. The van der Waals surface area contributed by atoms with Crippen molar-refractivity contribution in [3.8, 4) is 0 Å². The Morgan fingerprint density at radius 2 is 1.06 bits per heavy atom. The summed E-state index contributed by atoms with van der Waals surface area (Å²) in [7, 11) is 0. The predicted octanol–water partition coefficient (Wildman–Crippen LogP) is 9.64. The molecule has 2 nitrogen and oxygen atoms in total. The molecule has 0 aromatic carbocycles. The SMILES string of the molecule is CCCCCCC[C@H]1CC[C@H](CCC2CCC(C3CCC(OC(=O)CCC)CC3)CC2)CC1. The second-order valence-corrected chi connectivity index (χ2v) is 12.2. The smallest absolute Gasteiger partial charge is 0.306 e. The molecule has 0 aliphatic heterocycles. The van der Waals surface area contributed by atoms with Gasteiger partial charge in [0.1, 0.15) is 6.10 Å². The normalized spacial score (nSPS) is 33.0. The van der Waals surface area contributed by atoms with E-state index in [1.165, 1.54) is 116 Å². The molecule has 192 valence electrons. The van der Waals surface area contributed by atoms with E-state index in [-0.39, 0.29) is 12.1 Å². The molecule has 3 aliphatic rings. The molecule has 0 unspecified atom stereocenters. The van der Waals surface area contributed by atoms with Gasteiger partial charge < -0.3 is 4.74 Å². The first-order valence-corrected chi connectivity index (χ1v) is 15.4. The topological polar surface area (TPSA) is 26.3 Å². The van der Waals surface area contributed by atoms with Gasteiger partial charge in [0, 0.05) is 6.42 Å². The summed E-state index contributed by atoms with van der Waals surface area (Å²) in [6.45, 7) is 4.37. The van der Waals surface area contributed by atoms with E-state index in [2.05, 4.69) is 13.8 Å². The molecule has 0 bridgehead atoms. The van der Waals surface area contributed by atoms with Crippen molar-refractivity contribution >= 4 is 5.97 Å². The minimum absolute atomic E-state index is 0.0253. The van der Waals surface area contributed by atoms with Crippen molar-refractivity contribution in [3.63, 3.8) is 0 Å². The number of hydrogen-bond acceptors (Lipinski definition) is 2. The Morgan fingerprint density at radius 1 is 0.576 bits per heavy atom. The van der Waals surface area contributed by atoms with Crippen LogP contribution in [0.4, 0.5) is 0 Å². The Hall–Kier alpha value is -0.530. The second-order valence-electron chi connectivity index (χ2n) is 12.2. The zero-order valence-corrected chi connectivity index (χ0v) is 22.3. The Balaban J connectivity index is 1.21. The molecule has 0 saturated heterocycles. The number of carbonyl (C=O) groups is 1. The van der Waals surface area contributed by atoms with Crippen molar-refractivity contribution in [2.24, 2.45) is 29.6 Å². The highest BCUT2D eigenvalue weighted by Crippen LogP contribution is 2.43. The third-order valence-corrected chi connectivity index (χ3v) is 9.69. The molecule has 3 fully saturated rings. The summed E-state index contributed by atoms with van der Waals surface area (Å²) in [6.07, 6.45) is 30.3. The van der Waals surface area contributed by atoms with Crippen LogP contribution in [0.25, 0.3) is 0 Å². The summed E-state index contributed by atoms with van der Waals surface area (Å²) in [5.74, 6) is 5.01. The molecular weight excluding hydrogens is 404 g/mol. The lowest BCUT2D eigenvalue weighted by Gasteiger charge is -2.38. The van der Waals surface area contributed by atoms with E-state index in [4.69, 9.17) is 4.74 Å². The van der Waals surface area contributed by atoms with E-state index in [9.17, 15) is 4.79 Å². The second kappa shape index (κ2) is 15.5. The van der Waals surface area contributed by atoms with E-state index in [0.717, 1.165) is 48.9 Å². The summed E-state index contributed by atoms with van der Waals surface area (Å²) in [6, 6.07) is 0. The van der Waals surface area contributed by atoms with Crippen LogP contribution in [0, 0.1) is 29.6 Å². The first kappa shape index (κ1) is 27.1. The fourth-order valence-electron chi connectivity index (χ4n) is 7.39. The van der Waals surface area contributed by atoms with Crippen LogP contribution in [0.15, 0.2) is 0 Å². The maximum absolute atomic E-state index is 11.8. The Morgan fingerprint density at radius 3 is 1.61 bits per heavy atom. The molecule has 2 heteroatoms. The monoisotopic (exact) mass is 460 g/mol. The molecule has 0 spiro atoms. The van der Waals surface area contributed by atoms with Crippen LogP contribution >= 0.6 is 0 Å². The molecule has 33 heavy (non-hydrogen) atoms. The van der Waals surface area contributed by atoms with Crippen LogP contribution in [0.3, 0.4) is 0 Å². The van der Waals surface area contributed by atoms with Gasteiger partial charge in [0.15, 0.2) is 0 Å². The number of hydrogen-bond donors (Lipinski definition) is 0. The van der Waals surface area contributed by atoms with E-state index >= 15 is 0 Å². The molecule has 3 saturated carbocycles. The minimum Gasteiger partial charge on any atom is -0.462 e. The van der Waals surface area contributed by atoms with Crippen molar-refractivity contribution in [2.75, 3.05) is 0 Å². The molecular formula is C31H56O2. The van der Waals surface area contributed by atoms with Gasteiger partial charge in [-0.2, -0.15) is 0 Å². The van der Waals surface area contributed by atoms with Crippen LogP contribution in [0.5, 0.6) is 0 Å². The van der Waals surface area contributed by atoms with Crippen molar-refractivity contribution < 1.29 is 9.53 Å². The zero-order valence-electron chi connectivity index (χ0n) is 22.3. The van der Waals surface area contributed by atoms with Gasteiger partial charge in [0.25, 0.3) is 0 Å². The molecule has 0 aromatic rings. The van der Waals surface area contributed by atoms with Crippen LogP contribution in [-0.2, 0) is 9.53 Å². The van der Waals surface area contributed by atoms with Crippen molar-refractivity contribution in [3.05, 3.63) is 0 Å². The Kier molecular flexibility index (Phi) is 12.7. The third kappa shape index (κ3) is 9.93. The van der Waals surface area contributed by atoms with Gasteiger partial charge in [0.2, 0.25) is 0 Å². The first-order valence-electron chi connectivity index (χ1n) is 15.4. The summed E-state index contributed by atoms with van der Waals surface area (Å²) >= 11 is 0. The Labute approximate surface area is 206 Å². The predicted molar refractivity (Wildman–Crippen MR) is 140 cm³/mol. The standard InChI is InChI=1S/C31H56O2/c1-3-5-6-7-8-10-25-11-13-26(14-12-25)15-16-27-17-19-28(20-18-27)29-21-23-30(24-22-29)33-31(32)9-4-2/h25-30H,3-24H2,1-2H3/t25-,26-,27?,28?,29?,30?. The van der Waals surface area contributed by atoms with E-state index in [1.54, 1.807) is 0 Å². The van der Waals surface area contributed by atoms with Crippen LogP contribution < -0.4 is 0 Å². The molecule has 0 radical (unpaired) electrons. The molecule has 0 N–H and O–H groups in total. The minimum atomic E-state index is 0.0253. The first-order chi connectivity index (χ1) is 16.2. The number of unbranched alkanes of at least 4 members (excludes halogenated alkanes) is 4. The van der Waals surface area contributed by atoms with E-state index in [1.807, 2.05) is 0 Å². The highest BCUT2D eigenvalue weighted by atomic mass is 16.5. The maximum atomic E-state index is 11.8. The fourth-order valence-corrected chi connectivity index (χ4v) is 7.39. The number of ether oxygens (including phenoxy) is 1. The number of esters is 1. The average molecular weight is 461 g/mol. The highest BCUT2D eigenvalue weighted by Gasteiger charge is 2.32. The molecule has 3 rings (SSSR count). The maximum Gasteiger partial charge on any atom is 0.306 e. The van der Waals surface area contributed by atoms with Crippen LogP contribution in [0.1, 0.15) is 155 Å². The molecule has 0 atom stereocenters. The van der Waals surface area contributed by atoms with Crippen molar-refractivity contribution in [1.82, 2.24) is 0 Å². The summed E-state index contributed by atoms with van der Waals surface area (Å²) in [4.78, 5) is 11.8. The molecule has 0 aromatic heterocycles. The summed E-state index contributed by atoms with van der Waals surface area (Å²) in [5.41, 5.74) is 0. The summed E-state index contributed by atoms with van der Waals surface area (Å²) in [5, 5.41) is 0. The van der Waals surface area contributed by atoms with Gasteiger partial charge in [-0.15, -0.1) is 0 Å². The zero-order chi connectivity index (χ0) is 23.3. The van der Waals surface area contributed by atoms with Gasteiger partial charge in [-0.3, -0.25) is 4.79 Å². The Bertz CT molecular complexity index is 505. The molecule has 0 heterocycles. The fraction of sp³-hybridized carbons (Fsp3) is 0.968. The van der Waals surface area contributed by atoms with E-state index < -0.39 is 0 Å². The third-order valence-electron chi connectivity index (χ3n) is 9.69. The largest absolute Gasteiger partial charge is 0.462 e. The average Bonchev–Trinajstić information content (AvgIpc) is 2.84. The lowest BCUT2D eigenvalue weighted by atomic mass is 9.69. The van der Waals surface area contributed by atoms with Crippen LogP contribution in [-0.4, -0.2) is 12.1 Å². The van der Waals surface area contributed by atoms with Crippen LogP contribution in [0.2, 0.25) is 0 Å². The lowest BCUT2D eigenvalue weighted by molar-refractivity contribution is -0.151. The van der Waals surface area contributed by atoms with Gasteiger partial charge in [0.05, 0.1) is 0 Å². The van der Waals surface area contributed by atoms with Crippen molar-refractivity contribution in [1.29, 1.82) is 0 Å². The summed E-state index contributed by atoms with van der Waals surface area (Å²) < 4.78 is 5.67. The quantitative estimate of drug-likeness (QED) is 0.202.